The molecule has 9 nitrogen and oxygen atoms in total. The number of carbonyl (C=O) groups excluding carboxylic acids is 1. The number of azide groups is 1. The number of methoxy groups -OCH3 is 1. The molecule has 0 fully saturated rings. The van der Waals surface area contributed by atoms with Crippen molar-refractivity contribution in [3.63, 3.8) is 0 Å². The molecule has 2 aromatic heterocycles. The predicted octanol–water partition coefficient (Wildman–Crippen LogP) is 6.39. The summed E-state index contributed by atoms with van der Waals surface area (Å²) in [7, 11) is 1.53. The quantitative estimate of drug-likeness (QED) is 0.124. The highest BCUT2D eigenvalue weighted by molar-refractivity contribution is 7.12. The van der Waals surface area contributed by atoms with E-state index in [-0.39, 0.29) is 30.6 Å². The molecule has 1 amide bonds. The molecule has 0 saturated carbocycles. The van der Waals surface area contributed by atoms with E-state index in [2.05, 4.69) is 26.4 Å². The van der Waals surface area contributed by atoms with Gasteiger partial charge in [-0.3, -0.25) is 4.79 Å². The van der Waals surface area contributed by atoms with Crippen LogP contribution in [0.3, 0.4) is 0 Å². The number of hydrogen-bond donors (Lipinski definition) is 1. The van der Waals surface area contributed by atoms with E-state index >= 15 is 0 Å². The van der Waals surface area contributed by atoms with Crippen molar-refractivity contribution in [2.24, 2.45) is 5.11 Å². The molecule has 1 N–H and O–H groups in total. The first-order chi connectivity index (χ1) is 17.6. The van der Waals surface area contributed by atoms with Gasteiger partial charge >= 0.3 is 0 Å². The average Bonchev–Trinajstić information content (AvgIpc) is 3.46. The number of nitrogens with one attached hydrogen (secondary N) is 1. The van der Waals surface area contributed by atoms with Crippen LogP contribution >= 0.6 is 11.3 Å². The van der Waals surface area contributed by atoms with Crippen LogP contribution in [0.2, 0.25) is 0 Å². The van der Waals surface area contributed by atoms with Gasteiger partial charge in [-0.25, -0.2) is 4.98 Å². The number of nitrogens with zero attached hydrogens (tertiary/aromatic N) is 5. The molecule has 0 bridgehead atoms. The number of pyridine rings is 1. The normalized spacial score (nSPS) is 10.2. The fraction of sp³-hybridized carbons (Fsp3) is 0.115. The van der Waals surface area contributed by atoms with Crippen LogP contribution in [-0.2, 0) is 11.3 Å². The van der Waals surface area contributed by atoms with E-state index in [1.807, 2.05) is 42.5 Å². The summed E-state index contributed by atoms with van der Waals surface area (Å²) in [5.41, 5.74) is 12.1. The van der Waals surface area contributed by atoms with Gasteiger partial charge in [0.25, 0.3) is 5.91 Å². The standard InChI is InChI=1S/C26H20N6O3S/c1-34-16-35-23-9-3-2-8-19(23)22-13-20(18-7-4-6-17(12-18)15-29-32-28)21(14-27)25(30-22)31-26(33)24-10-5-11-36-24/h2-13H,15-16H2,1H3,(H,30,31,33). The minimum Gasteiger partial charge on any atom is -0.467 e. The van der Waals surface area contributed by atoms with E-state index in [9.17, 15) is 10.1 Å². The van der Waals surface area contributed by atoms with Gasteiger partial charge in [0.2, 0.25) is 0 Å². The molecule has 0 spiro atoms. The Morgan fingerprint density at radius 3 is 2.78 bits per heavy atom. The summed E-state index contributed by atoms with van der Waals surface area (Å²) >= 11 is 1.29. The molecule has 178 valence electrons. The number of ether oxygens (including phenoxy) is 2. The summed E-state index contributed by atoms with van der Waals surface area (Å²) in [5.74, 6) is 0.304. The Morgan fingerprint density at radius 2 is 2.03 bits per heavy atom. The second-order valence-electron chi connectivity index (χ2n) is 7.46. The third kappa shape index (κ3) is 5.51. The first-order valence-electron chi connectivity index (χ1n) is 10.8. The number of para-hydroxylation sites is 1. The Labute approximate surface area is 211 Å². The van der Waals surface area contributed by atoms with E-state index in [1.165, 1.54) is 18.4 Å². The smallest absolute Gasteiger partial charge is 0.266 e. The molecule has 0 aliphatic carbocycles. The fourth-order valence-electron chi connectivity index (χ4n) is 3.57. The lowest BCUT2D eigenvalue weighted by Gasteiger charge is -2.16. The zero-order valence-electron chi connectivity index (χ0n) is 19.2. The van der Waals surface area contributed by atoms with Crippen molar-refractivity contribution in [3.8, 4) is 34.2 Å². The summed E-state index contributed by atoms with van der Waals surface area (Å²) in [6.07, 6.45) is 0. The minimum absolute atomic E-state index is 0.0452. The number of aromatic nitrogens is 1. The summed E-state index contributed by atoms with van der Waals surface area (Å²) < 4.78 is 10.8. The summed E-state index contributed by atoms with van der Waals surface area (Å²) in [6, 6.07) is 22.1. The van der Waals surface area contributed by atoms with Crippen molar-refractivity contribution < 1.29 is 14.3 Å². The van der Waals surface area contributed by atoms with E-state index < -0.39 is 0 Å². The minimum atomic E-state index is -0.363. The molecule has 10 heteroatoms. The second kappa shape index (κ2) is 11.6. The van der Waals surface area contributed by atoms with Gasteiger partial charge < -0.3 is 14.8 Å². The number of benzene rings is 2. The molecule has 4 rings (SSSR count). The fourth-order valence-corrected chi connectivity index (χ4v) is 4.19. The van der Waals surface area contributed by atoms with E-state index in [1.54, 1.807) is 29.6 Å². The Hall–Kier alpha value is -4.68. The molecular weight excluding hydrogens is 476 g/mol. The van der Waals surface area contributed by atoms with Crippen molar-refractivity contribution in [1.29, 1.82) is 5.26 Å². The molecule has 0 aliphatic rings. The Morgan fingerprint density at radius 1 is 1.17 bits per heavy atom. The maximum absolute atomic E-state index is 12.9. The molecule has 4 aromatic rings. The van der Waals surface area contributed by atoms with E-state index in [0.717, 1.165) is 5.56 Å². The van der Waals surface area contributed by atoms with Gasteiger partial charge in [0.1, 0.15) is 17.4 Å². The van der Waals surface area contributed by atoms with Gasteiger partial charge in [-0.2, -0.15) is 5.26 Å². The third-order valence-corrected chi connectivity index (χ3v) is 6.03. The number of amides is 1. The van der Waals surface area contributed by atoms with Gasteiger partial charge in [0.05, 0.1) is 17.1 Å². The lowest BCUT2D eigenvalue weighted by Crippen LogP contribution is -2.14. The van der Waals surface area contributed by atoms with Gasteiger partial charge in [-0.1, -0.05) is 47.6 Å². The van der Waals surface area contributed by atoms with Gasteiger partial charge in [-0.15, -0.1) is 11.3 Å². The molecule has 2 heterocycles. The number of hydrogen-bond acceptors (Lipinski definition) is 7. The number of carbonyl (C=O) groups is 1. The lowest BCUT2D eigenvalue weighted by atomic mass is 9.96. The van der Waals surface area contributed by atoms with Crippen LogP contribution in [0.1, 0.15) is 20.8 Å². The Bertz CT molecular complexity index is 1470. The summed E-state index contributed by atoms with van der Waals surface area (Å²) in [4.78, 5) is 20.8. The van der Waals surface area contributed by atoms with Crippen molar-refractivity contribution in [1.82, 2.24) is 4.98 Å². The van der Waals surface area contributed by atoms with Crippen LogP contribution in [0.5, 0.6) is 5.75 Å². The molecule has 0 unspecified atom stereocenters. The average molecular weight is 497 g/mol. The highest BCUT2D eigenvalue weighted by Gasteiger charge is 2.20. The summed E-state index contributed by atoms with van der Waals surface area (Å²) in [6.45, 7) is 0.212. The molecule has 2 aromatic carbocycles. The van der Waals surface area contributed by atoms with Crippen molar-refractivity contribution in [2.75, 3.05) is 19.2 Å². The molecule has 0 atom stereocenters. The predicted molar refractivity (Wildman–Crippen MR) is 137 cm³/mol. The topological polar surface area (TPSA) is 133 Å². The first kappa shape index (κ1) is 24.4. The van der Waals surface area contributed by atoms with Crippen LogP contribution in [0, 0.1) is 11.3 Å². The zero-order chi connectivity index (χ0) is 25.3. The van der Waals surface area contributed by atoms with E-state index in [0.29, 0.717) is 33.0 Å². The van der Waals surface area contributed by atoms with Crippen LogP contribution in [0.15, 0.2) is 77.2 Å². The highest BCUT2D eigenvalue weighted by Crippen LogP contribution is 2.36. The maximum Gasteiger partial charge on any atom is 0.266 e. The number of thiophene rings is 1. The van der Waals surface area contributed by atoms with Crippen LogP contribution < -0.4 is 10.1 Å². The molecule has 0 radical (unpaired) electrons. The SMILES string of the molecule is COCOc1ccccc1-c1cc(-c2cccc(CN=[N+]=[N-])c2)c(C#N)c(NC(=O)c2cccs2)n1. The van der Waals surface area contributed by atoms with Crippen LogP contribution in [0.4, 0.5) is 5.82 Å². The Balaban J connectivity index is 1.90. The molecule has 36 heavy (non-hydrogen) atoms. The highest BCUT2D eigenvalue weighted by atomic mass is 32.1. The number of anilines is 1. The molecule has 0 aliphatic heterocycles. The first-order valence-corrected chi connectivity index (χ1v) is 11.6. The van der Waals surface area contributed by atoms with Crippen molar-refractivity contribution in [3.05, 3.63) is 98.6 Å². The van der Waals surface area contributed by atoms with Crippen LogP contribution in [-0.4, -0.2) is 24.8 Å². The van der Waals surface area contributed by atoms with Gasteiger partial charge in [0, 0.05) is 23.1 Å². The molecule has 0 saturated heterocycles. The van der Waals surface area contributed by atoms with Gasteiger partial charge in [-0.05, 0) is 46.3 Å². The van der Waals surface area contributed by atoms with Crippen molar-refractivity contribution >= 4 is 23.1 Å². The number of nitriles is 1. The van der Waals surface area contributed by atoms with E-state index in [4.69, 9.17) is 15.0 Å². The molecular formula is C26H20N6O3S. The van der Waals surface area contributed by atoms with Gasteiger partial charge in [0.15, 0.2) is 12.6 Å². The zero-order valence-corrected chi connectivity index (χ0v) is 20.0. The largest absolute Gasteiger partial charge is 0.467 e. The van der Waals surface area contributed by atoms with Crippen LogP contribution in [0.25, 0.3) is 32.8 Å². The Kier molecular flexibility index (Phi) is 7.90. The van der Waals surface area contributed by atoms with Crippen molar-refractivity contribution in [2.45, 2.75) is 6.54 Å². The monoisotopic (exact) mass is 496 g/mol. The lowest BCUT2D eigenvalue weighted by molar-refractivity contribution is 0.0515. The second-order valence-corrected chi connectivity index (χ2v) is 8.41. The summed E-state index contributed by atoms with van der Waals surface area (Å²) in [5, 5.41) is 18.3. The number of rotatable bonds is 9. The maximum atomic E-state index is 12.9. The third-order valence-electron chi connectivity index (χ3n) is 5.16.